The molecule has 0 bridgehead atoms. The van der Waals surface area contributed by atoms with Crippen molar-refractivity contribution in [3.63, 3.8) is 0 Å². The SMILES string of the molecule is O=C(Cn1ncc(=O)c2ccccc21)n1ccccc1=NC1CCCCC1. The van der Waals surface area contributed by atoms with Gasteiger partial charge in [-0.3, -0.25) is 23.8 Å². The molecule has 0 radical (unpaired) electrons. The van der Waals surface area contributed by atoms with Crippen molar-refractivity contribution in [3.8, 4) is 0 Å². The van der Waals surface area contributed by atoms with Gasteiger partial charge >= 0.3 is 0 Å². The summed E-state index contributed by atoms with van der Waals surface area (Å²) in [5, 5.41) is 4.72. The molecule has 4 rings (SSSR count). The van der Waals surface area contributed by atoms with Gasteiger partial charge in [0.2, 0.25) is 5.43 Å². The molecule has 0 unspecified atom stereocenters. The van der Waals surface area contributed by atoms with Crippen LogP contribution in [0.3, 0.4) is 0 Å². The second-order valence-corrected chi connectivity index (χ2v) is 6.93. The van der Waals surface area contributed by atoms with E-state index in [9.17, 15) is 9.59 Å². The minimum Gasteiger partial charge on any atom is -0.287 e. The van der Waals surface area contributed by atoms with Gasteiger partial charge in [-0.15, -0.1) is 0 Å². The van der Waals surface area contributed by atoms with Crippen LogP contribution in [0, 0.1) is 0 Å². The largest absolute Gasteiger partial charge is 0.287 e. The average molecular weight is 362 g/mol. The van der Waals surface area contributed by atoms with Gasteiger partial charge in [0.25, 0.3) is 5.91 Å². The molecule has 0 amide bonds. The molecule has 6 heteroatoms. The number of hydrogen-bond donors (Lipinski definition) is 0. The third-order valence-corrected chi connectivity index (χ3v) is 5.04. The van der Waals surface area contributed by atoms with E-state index in [0.717, 1.165) is 12.8 Å². The number of hydrogen-bond acceptors (Lipinski definition) is 4. The van der Waals surface area contributed by atoms with Crippen LogP contribution in [0.15, 0.2) is 64.6 Å². The topological polar surface area (TPSA) is 69.2 Å². The van der Waals surface area contributed by atoms with Gasteiger partial charge in [-0.1, -0.05) is 37.5 Å². The van der Waals surface area contributed by atoms with Crippen molar-refractivity contribution in [2.45, 2.75) is 44.7 Å². The molecule has 6 nitrogen and oxygen atoms in total. The molecule has 0 N–H and O–H groups in total. The van der Waals surface area contributed by atoms with E-state index in [1.54, 1.807) is 27.6 Å². The lowest BCUT2D eigenvalue weighted by Crippen LogP contribution is -2.32. The Labute approximate surface area is 156 Å². The maximum Gasteiger partial charge on any atom is 0.253 e. The Hall–Kier alpha value is -3.02. The summed E-state index contributed by atoms with van der Waals surface area (Å²) in [5.41, 5.74) is 1.19. The van der Waals surface area contributed by atoms with Crippen LogP contribution < -0.4 is 10.9 Å². The van der Waals surface area contributed by atoms with Crippen LogP contribution in [0.5, 0.6) is 0 Å². The van der Waals surface area contributed by atoms with E-state index in [4.69, 9.17) is 4.99 Å². The van der Waals surface area contributed by atoms with E-state index in [2.05, 4.69) is 5.10 Å². The molecule has 1 fully saturated rings. The Morgan fingerprint density at radius 1 is 1.07 bits per heavy atom. The molecule has 0 aliphatic heterocycles. The van der Waals surface area contributed by atoms with Gasteiger partial charge < -0.3 is 0 Å². The fraction of sp³-hybridized carbons (Fsp3) is 0.333. The predicted molar refractivity (Wildman–Crippen MR) is 103 cm³/mol. The first-order valence-corrected chi connectivity index (χ1v) is 9.42. The minimum atomic E-state index is -0.144. The summed E-state index contributed by atoms with van der Waals surface area (Å²) in [5.74, 6) is -0.133. The fourth-order valence-corrected chi connectivity index (χ4v) is 3.64. The molecule has 0 spiro atoms. The molecule has 2 heterocycles. The van der Waals surface area contributed by atoms with Crippen molar-refractivity contribution in [2.75, 3.05) is 0 Å². The lowest BCUT2D eigenvalue weighted by Gasteiger charge is -2.18. The van der Waals surface area contributed by atoms with Crippen molar-refractivity contribution >= 4 is 16.8 Å². The van der Waals surface area contributed by atoms with Crippen LogP contribution in [-0.2, 0) is 6.54 Å². The van der Waals surface area contributed by atoms with Crippen molar-refractivity contribution in [1.29, 1.82) is 0 Å². The van der Waals surface area contributed by atoms with Gasteiger partial charge in [-0.05, 0) is 37.1 Å². The van der Waals surface area contributed by atoms with E-state index >= 15 is 0 Å². The van der Waals surface area contributed by atoms with Crippen LogP contribution in [-0.4, -0.2) is 26.3 Å². The second kappa shape index (κ2) is 7.70. The summed E-state index contributed by atoms with van der Waals surface area (Å²) >= 11 is 0. The van der Waals surface area contributed by atoms with Crippen molar-refractivity contribution < 1.29 is 4.79 Å². The quantitative estimate of drug-likeness (QED) is 0.719. The van der Waals surface area contributed by atoms with Crippen molar-refractivity contribution in [3.05, 3.63) is 70.6 Å². The smallest absolute Gasteiger partial charge is 0.253 e. The van der Waals surface area contributed by atoms with E-state index in [1.165, 1.54) is 25.5 Å². The first-order chi connectivity index (χ1) is 13.2. The first kappa shape index (κ1) is 17.4. The number of para-hydroxylation sites is 1. The summed E-state index contributed by atoms with van der Waals surface area (Å²) < 4.78 is 3.16. The van der Waals surface area contributed by atoms with E-state index in [1.807, 2.05) is 30.3 Å². The highest BCUT2D eigenvalue weighted by Gasteiger charge is 2.14. The van der Waals surface area contributed by atoms with Gasteiger partial charge in [-0.25, -0.2) is 0 Å². The maximum absolute atomic E-state index is 13.0. The van der Waals surface area contributed by atoms with Crippen LogP contribution in [0.25, 0.3) is 10.9 Å². The highest BCUT2D eigenvalue weighted by molar-refractivity contribution is 5.82. The van der Waals surface area contributed by atoms with Gasteiger partial charge in [0.15, 0.2) is 0 Å². The van der Waals surface area contributed by atoms with E-state index < -0.39 is 0 Å². The molecule has 3 aromatic rings. The van der Waals surface area contributed by atoms with Crippen LogP contribution in [0.1, 0.15) is 36.9 Å². The van der Waals surface area contributed by atoms with Crippen LogP contribution in [0.4, 0.5) is 0 Å². The Morgan fingerprint density at radius 3 is 2.70 bits per heavy atom. The number of carbonyl (C=O) groups is 1. The zero-order valence-corrected chi connectivity index (χ0v) is 15.1. The molecule has 138 valence electrons. The first-order valence-electron chi connectivity index (χ1n) is 9.42. The van der Waals surface area contributed by atoms with E-state index in [-0.39, 0.29) is 23.9 Å². The number of rotatable bonds is 3. The monoisotopic (exact) mass is 362 g/mol. The molecule has 1 aliphatic rings. The number of fused-ring (bicyclic) bond motifs is 1. The Bertz CT molecular complexity index is 1090. The lowest BCUT2D eigenvalue weighted by atomic mass is 9.96. The van der Waals surface area contributed by atoms with Crippen LogP contribution >= 0.6 is 0 Å². The normalized spacial score (nSPS) is 15.9. The summed E-state index contributed by atoms with van der Waals surface area (Å²) in [7, 11) is 0. The zero-order valence-electron chi connectivity index (χ0n) is 15.1. The van der Waals surface area contributed by atoms with Gasteiger partial charge in [0.1, 0.15) is 12.0 Å². The molecule has 1 saturated carbocycles. The lowest BCUT2D eigenvalue weighted by molar-refractivity contribution is 0.0881. The third-order valence-electron chi connectivity index (χ3n) is 5.04. The van der Waals surface area contributed by atoms with Crippen LogP contribution in [0.2, 0.25) is 0 Å². The molecule has 1 aliphatic carbocycles. The van der Waals surface area contributed by atoms with Gasteiger partial charge in [0.05, 0.1) is 17.8 Å². The third kappa shape index (κ3) is 3.74. The molecule has 2 aromatic heterocycles. The molecular formula is C21H22N4O2. The van der Waals surface area contributed by atoms with Gasteiger partial charge in [0, 0.05) is 11.6 Å². The molecular weight excluding hydrogens is 340 g/mol. The summed E-state index contributed by atoms with van der Waals surface area (Å²) in [6, 6.07) is 13.1. The highest BCUT2D eigenvalue weighted by Crippen LogP contribution is 2.19. The van der Waals surface area contributed by atoms with Crippen molar-refractivity contribution in [2.24, 2.45) is 4.99 Å². The summed E-state index contributed by atoms with van der Waals surface area (Å²) in [6.07, 6.45) is 8.83. The number of benzene rings is 1. The zero-order chi connectivity index (χ0) is 18.6. The Morgan fingerprint density at radius 2 is 1.85 bits per heavy atom. The fourth-order valence-electron chi connectivity index (χ4n) is 3.64. The highest BCUT2D eigenvalue weighted by atomic mass is 16.2. The second-order valence-electron chi connectivity index (χ2n) is 6.93. The number of nitrogens with zero attached hydrogens (tertiary/aromatic N) is 4. The molecule has 1 aromatic carbocycles. The molecule has 0 saturated heterocycles. The molecule has 27 heavy (non-hydrogen) atoms. The number of carbonyl (C=O) groups excluding carboxylic acids is 1. The molecule has 0 atom stereocenters. The number of aromatic nitrogens is 3. The maximum atomic E-state index is 13.0. The minimum absolute atomic E-state index is 0.0443. The summed E-state index contributed by atoms with van der Waals surface area (Å²) in [4.78, 5) is 29.8. The number of pyridine rings is 1. The Kier molecular flexibility index (Phi) is 4.96. The standard InChI is InChI=1S/C21H22N4O2/c26-19-14-22-25(18-11-5-4-10-17(18)19)15-21(27)24-13-7-6-12-20(24)23-16-8-2-1-3-9-16/h4-7,10-14,16H,1-3,8-9,15H2. The van der Waals surface area contributed by atoms with Crippen molar-refractivity contribution in [1.82, 2.24) is 14.3 Å². The predicted octanol–water partition coefficient (Wildman–Crippen LogP) is 2.77. The van der Waals surface area contributed by atoms with Gasteiger partial charge in [-0.2, -0.15) is 5.10 Å². The summed E-state index contributed by atoms with van der Waals surface area (Å²) in [6.45, 7) is 0.0443. The van der Waals surface area contributed by atoms with E-state index in [0.29, 0.717) is 16.4 Å². The average Bonchev–Trinajstić information content (AvgIpc) is 2.71. The Balaban J connectivity index is 1.68.